The Morgan fingerprint density at radius 3 is 2.33 bits per heavy atom. The molecule has 0 aliphatic heterocycles. The standard InChI is InChI=1S/C9H20N2O/c1-7(6-10)11-8(12)5-9(2,3)4/h7H,5-6,10H2,1-4H3,(H,11,12)/t7-/m1/s1. The van der Waals surface area contributed by atoms with E-state index in [-0.39, 0.29) is 17.4 Å². The highest BCUT2D eigenvalue weighted by molar-refractivity contribution is 5.76. The first kappa shape index (κ1) is 11.4. The van der Waals surface area contributed by atoms with Crippen molar-refractivity contribution in [3.63, 3.8) is 0 Å². The van der Waals surface area contributed by atoms with Gasteiger partial charge in [0.05, 0.1) is 0 Å². The molecule has 72 valence electrons. The van der Waals surface area contributed by atoms with Crippen LogP contribution in [0, 0.1) is 5.41 Å². The number of carbonyl (C=O) groups is 1. The molecule has 0 bridgehead atoms. The molecule has 0 heterocycles. The lowest BCUT2D eigenvalue weighted by atomic mass is 9.92. The molecule has 0 saturated heterocycles. The molecule has 3 N–H and O–H groups in total. The average Bonchev–Trinajstić information content (AvgIpc) is 1.82. The Morgan fingerprint density at radius 2 is 2.00 bits per heavy atom. The molecule has 0 rings (SSSR count). The van der Waals surface area contributed by atoms with Crippen molar-refractivity contribution < 1.29 is 4.79 Å². The lowest BCUT2D eigenvalue weighted by Gasteiger charge is -2.19. The number of carbonyl (C=O) groups excluding carboxylic acids is 1. The second kappa shape index (κ2) is 4.45. The van der Waals surface area contributed by atoms with Gasteiger partial charge in [0.1, 0.15) is 0 Å². The summed E-state index contributed by atoms with van der Waals surface area (Å²) in [5, 5.41) is 2.82. The second-order valence-electron chi connectivity index (χ2n) is 4.44. The number of nitrogens with two attached hydrogens (primary N) is 1. The lowest BCUT2D eigenvalue weighted by molar-refractivity contribution is -0.123. The van der Waals surface area contributed by atoms with Gasteiger partial charge < -0.3 is 11.1 Å². The fourth-order valence-corrected chi connectivity index (χ4v) is 0.866. The number of hydrogen-bond acceptors (Lipinski definition) is 2. The summed E-state index contributed by atoms with van der Waals surface area (Å²) in [6, 6.07) is 0.0832. The Morgan fingerprint density at radius 1 is 1.50 bits per heavy atom. The summed E-state index contributed by atoms with van der Waals surface area (Å²) in [7, 11) is 0. The second-order valence-corrected chi connectivity index (χ2v) is 4.44. The van der Waals surface area contributed by atoms with E-state index in [1.165, 1.54) is 0 Å². The van der Waals surface area contributed by atoms with Gasteiger partial charge in [-0.1, -0.05) is 20.8 Å². The molecule has 3 nitrogen and oxygen atoms in total. The summed E-state index contributed by atoms with van der Waals surface area (Å²) in [6.07, 6.45) is 0.553. The minimum Gasteiger partial charge on any atom is -0.352 e. The summed E-state index contributed by atoms with van der Waals surface area (Å²) in [6.45, 7) is 8.52. The van der Waals surface area contributed by atoms with Crippen molar-refractivity contribution in [1.29, 1.82) is 0 Å². The van der Waals surface area contributed by atoms with Crippen molar-refractivity contribution in [2.24, 2.45) is 11.1 Å². The van der Waals surface area contributed by atoms with E-state index in [2.05, 4.69) is 5.32 Å². The van der Waals surface area contributed by atoms with Gasteiger partial charge in [-0.25, -0.2) is 0 Å². The lowest BCUT2D eigenvalue weighted by Crippen LogP contribution is -2.39. The molecular formula is C9H20N2O. The molecule has 0 aromatic carbocycles. The van der Waals surface area contributed by atoms with Crippen LogP contribution in [0.3, 0.4) is 0 Å². The zero-order valence-electron chi connectivity index (χ0n) is 8.48. The van der Waals surface area contributed by atoms with Crippen molar-refractivity contribution in [3.05, 3.63) is 0 Å². The quantitative estimate of drug-likeness (QED) is 0.664. The fraction of sp³-hybridized carbons (Fsp3) is 0.889. The summed E-state index contributed by atoms with van der Waals surface area (Å²) < 4.78 is 0. The van der Waals surface area contributed by atoms with E-state index >= 15 is 0 Å². The van der Waals surface area contributed by atoms with E-state index in [1.807, 2.05) is 27.7 Å². The Labute approximate surface area is 74.7 Å². The molecule has 0 aliphatic rings. The predicted octanol–water partition coefficient (Wildman–Crippen LogP) is 0.886. The van der Waals surface area contributed by atoms with Crippen LogP contribution in [-0.2, 0) is 4.79 Å². The van der Waals surface area contributed by atoms with Gasteiger partial charge in [0.25, 0.3) is 0 Å². The van der Waals surface area contributed by atoms with Crippen LogP contribution in [0.4, 0.5) is 0 Å². The molecule has 0 aliphatic carbocycles. The highest BCUT2D eigenvalue weighted by Gasteiger charge is 2.16. The Hall–Kier alpha value is -0.570. The topological polar surface area (TPSA) is 55.1 Å². The van der Waals surface area contributed by atoms with Crippen LogP contribution >= 0.6 is 0 Å². The number of amides is 1. The zero-order valence-corrected chi connectivity index (χ0v) is 8.48. The fourth-order valence-electron chi connectivity index (χ4n) is 0.866. The highest BCUT2D eigenvalue weighted by atomic mass is 16.1. The maximum Gasteiger partial charge on any atom is 0.220 e. The number of rotatable bonds is 3. The van der Waals surface area contributed by atoms with Gasteiger partial charge in [0, 0.05) is 19.0 Å². The van der Waals surface area contributed by atoms with Crippen LogP contribution < -0.4 is 11.1 Å². The van der Waals surface area contributed by atoms with Crippen LogP contribution in [0.2, 0.25) is 0 Å². The highest BCUT2D eigenvalue weighted by Crippen LogP contribution is 2.17. The van der Waals surface area contributed by atoms with Crippen LogP contribution in [0.15, 0.2) is 0 Å². The van der Waals surface area contributed by atoms with E-state index in [0.29, 0.717) is 13.0 Å². The third-order valence-electron chi connectivity index (χ3n) is 1.45. The Kier molecular flexibility index (Phi) is 4.24. The average molecular weight is 172 g/mol. The first-order valence-electron chi connectivity index (χ1n) is 4.34. The first-order valence-corrected chi connectivity index (χ1v) is 4.34. The van der Waals surface area contributed by atoms with E-state index in [9.17, 15) is 4.79 Å². The maximum atomic E-state index is 11.3. The molecule has 0 aromatic heterocycles. The molecular weight excluding hydrogens is 152 g/mol. The van der Waals surface area contributed by atoms with Crippen LogP contribution in [-0.4, -0.2) is 18.5 Å². The van der Waals surface area contributed by atoms with Crippen molar-refractivity contribution >= 4 is 5.91 Å². The summed E-state index contributed by atoms with van der Waals surface area (Å²) in [4.78, 5) is 11.3. The normalized spacial score (nSPS) is 14.1. The summed E-state index contributed by atoms with van der Waals surface area (Å²) >= 11 is 0. The third kappa shape index (κ3) is 6.16. The first-order chi connectivity index (χ1) is 5.35. The van der Waals surface area contributed by atoms with Crippen LogP contribution in [0.5, 0.6) is 0 Å². The van der Waals surface area contributed by atoms with Crippen molar-refractivity contribution in [2.75, 3.05) is 6.54 Å². The smallest absolute Gasteiger partial charge is 0.220 e. The van der Waals surface area contributed by atoms with Gasteiger partial charge >= 0.3 is 0 Å². The maximum absolute atomic E-state index is 11.3. The molecule has 0 aromatic rings. The van der Waals surface area contributed by atoms with Crippen molar-refractivity contribution in [3.8, 4) is 0 Å². The SMILES string of the molecule is C[C@H](CN)NC(=O)CC(C)(C)C. The molecule has 0 unspecified atom stereocenters. The minimum absolute atomic E-state index is 0.0540. The van der Waals surface area contributed by atoms with E-state index in [4.69, 9.17) is 5.73 Å². The third-order valence-corrected chi connectivity index (χ3v) is 1.45. The Bertz CT molecular complexity index is 149. The van der Waals surface area contributed by atoms with Crippen molar-refractivity contribution in [1.82, 2.24) is 5.32 Å². The van der Waals surface area contributed by atoms with E-state index in [1.54, 1.807) is 0 Å². The Balaban J connectivity index is 3.75. The van der Waals surface area contributed by atoms with Crippen LogP contribution in [0.1, 0.15) is 34.1 Å². The van der Waals surface area contributed by atoms with Gasteiger partial charge in [-0.05, 0) is 12.3 Å². The molecule has 1 atom stereocenters. The van der Waals surface area contributed by atoms with Crippen molar-refractivity contribution in [2.45, 2.75) is 40.2 Å². The summed E-state index contributed by atoms with van der Waals surface area (Å²) in [5.41, 5.74) is 5.42. The molecule has 0 radical (unpaired) electrons. The van der Waals surface area contributed by atoms with Gasteiger partial charge in [-0.2, -0.15) is 0 Å². The number of nitrogens with one attached hydrogen (secondary N) is 1. The van der Waals surface area contributed by atoms with E-state index < -0.39 is 0 Å². The monoisotopic (exact) mass is 172 g/mol. The largest absolute Gasteiger partial charge is 0.352 e. The molecule has 0 fully saturated rings. The van der Waals surface area contributed by atoms with Crippen LogP contribution in [0.25, 0.3) is 0 Å². The molecule has 0 saturated carbocycles. The van der Waals surface area contributed by atoms with Gasteiger partial charge in [-0.3, -0.25) is 4.79 Å². The molecule has 0 spiro atoms. The number of hydrogen-bond donors (Lipinski definition) is 2. The summed E-state index contributed by atoms with van der Waals surface area (Å²) in [5.74, 6) is 0.0838. The molecule has 12 heavy (non-hydrogen) atoms. The van der Waals surface area contributed by atoms with Gasteiger partial charge in [0.15, 0.2) is 0 Å². The molecule has 3 heteroatoms. The minimum atomic E-state index is 0.0540. The van der Waals surface area contributed by atoms with Gasteiger partial charge in [0.2, 0.25) is 5.91 Å². The van der Waals surface area contributed by atoms with E-state index in [0.717, 1.165) is 0 Å². The zero-order chi connectivity index (χ0) is 9.78. The van der Waals surface area contributed by atoms with Gasteiger partial charge in [-0.15, -0.1) is 0 Å². The predicted molar refractivity (Wildman–Crippen MR) is 50.7 cm³/mol. The molecule has 1 amide bonds.